The Kier molecular flexibility index (Phi) is 4.22. The van der Waals surface area contributed by atoms with Crippen molar-refractivity contribution >= 4 is 21.6 Å². The molecule has 108 valence electrons. The molecule has 1 aromatic heterocycles. The van der Waals surface area contributed by atoms with Crippen molar-refractivity contribution in [1.82, 2.24) is 9.66 Å². The Labute approximate surface area is 137 Å². The van der Waals surface area contributed by atoms with Crippen LogP contribution in [0, 0.1) is 11.3 Å². The van der Waals surface area contributed by atoms with E-state index < -0.39 is 0 Å². The summed E-state index contributed by atoms with van der Waals surface area (Å²) in [6, 6.07) is 17.9. The van der Waals surface area contributed by atoms with Gasteiger partial charge in [-0.3, -0.25) is 5.01 Å². The van der Waals surface area contributed by atoms with Crippen molar-refractivity contribution in [2.24, 2.45) is 0 Å². The molecule has 0 N–H and O–H groups in total. The fourth-order valence-corrected chi connectivity index (χ4v) is 2.44. The third-order valence-electron chi connectivity index (χ3n) is 3.31. The van der Waals surface area contributed by atoms with Gasteiger partial charge in [-0.05, 0) is 42.0 Å². The Morgan fingerprint density at radius 2 is 1.82 bits per heavy atom. The quantitative estimate of drug-likeness (QED) is 0.713. The predicted octanol–water partition coefficient (Wildman–Crippen LogP) is 3.99. The van der Waals surface area contributed by atoms with Crippen LogP contribution in [0.2, 0.25) is 0 Å². The Bertz CT molecular complexity index is 771. The molecule has 3 aromatic rings. The van der Waals surface area contributed by atoms with Crippen molar-refractivity contribution in [3.8, 4) is 6.07 Å². The van der Waals surface area contributed by atoms with Gasteiger partial charge < -0.3 is 0 Å². The molecule has 22 heavy (non-hydrogen) atoms. The third-order valence-corrected chi connectivity index (χ3v) is 3.84. The Morgan fingerprint density at radius 1 is 1.09 bits per heavy atom. The minimum Gasteiger partial charge on any atom is -0.276 e. The zero-order chi connectivity index (χ0) is 15.4. The van der Waals surface area contributed by atoms with Crippen molar-refractivity contribution in [2.45, 2.75) is 6.54 Å². The summed E-state index contributed by atoms with van der Waals surface area (Å²) in [5.41, 5.74) is 2.85. The van der Waals surface area contributed by atoms with E-state index in [1.807, 2.05) is 59.4 Å². The lowest BCUT2D eigenvalue weighted by molar-refractivity contribution is 0.688. The van der Waals surface area contributed by atoms with Crippen LogP contribution in [0.5, 0.6) is 0 Å². The molecule has 0 aliphatic rings. The number of rotatable bonds is 4. The number of hydrogen-bond acceptors (Lipinski definition) is 3. The van der Waals surface area contributed by atoms with Crippen molar-refractivity contribution in [2.75, 3.05) is 5.01 Å². The van der Waals surface area contributed by atoms with Crippen LogP contribution in [0.15, 0.2) is 71.7 Å². The molecule has 0 fully saturated rings. The summed E-state index contributed by atoms with van der Waals surface area (Å²) in [5, 5.41) is 11.0. The van der Waals surface area contributed by atoms with E-state index in [-0.39, 0.29) is 0 Å². The van der Waals surface area contributed by atoms with Gasteiger partial charge in [-0.25, -0.2) is 9.66 Å². The van der Waals surface area contributed by atoms with Gasteiger partial charge in [0.15, 0.2) is 0 Å². The van der Waals surface area contributed by atoms with Gasteiger partial charge >= 0.3 is 0 Å². The lowest BCUT2D eigenvalue weighted by Crippen LogP contribution is -2.27. The second-order valence-corrected chi connectivity index (χ2v) is 5.70. The first-order chi connectivity index (χ1) is 10.8. The molecular weight excluding hydrogens is 340 g/mol. The van der Waals surface area contributed by atoms with Gasteiger partial charge in [0.1, 0.15) is 6.33 Å². The Balaban J connectivity index is 1.92. The number of nitriles is 1. The highest BCUT2D eigenvalue weighted by atomic mass is 79.9. The van der Waals surface area contributed by atoms with E-state index in [2.05, 4.69) is 32.0 Å². The van der Waals surface area contributed by atoms with Crippen LogP contribution >= 0.6 is 15.9 Å². The highest BCUT2D eigenvalue weighted by Crippen LogP contribution is 2.21. The molecule has 3 rings (SSSR count). The molecule has 0 aliphatic heterocycles. The first kappa shape index (κ1) is 14.4. The van der Waals surface area contributed by atoms with Gasteiger partial charge in [0.05, 0.1) is 23.9 Å². The summed E-state index contributed by atoms with van der Waals surface area (Å²) in [6.45, 7) is 0.684. The topological polar surface area (TPSA) is 44.9 Å². The molecule has 0 radical (unpaired) electrons. The Morgan fingerprint density at radius 3 is 2.41 bits per heavy atom. The van der Waals surface area contributed by atoms with Gasteiger partial charge in [0.2, 0.25) is 0 Å². The first-order valence-corrected chi connectivity index (χ1v) is 7.56. The molecule has 1 heterocycles. The van der Waals surface area contributed by atoms with Gasteiger partial charge in [-0.15, -0.1) is 0 Å². The average Bonchev–Trinajstić information content (AvgIpc) is 3.08. The van der Waals surface area contributed by atoms with E-state index in [0.717, 1.165) is 15.7 Å². The number of benzene rings is 2. The van der Waals surface area contributed by atoms with Crippen molar-refractivity contribution in [3.63, 3.8) is 0 Å². The van der Waals surface area contributed by atoms with Crippen LogP contribution < -0.4 is 5.01 Å². The zero-order valence-electron chi connectivity index (χ0n) is 11.7. The maximum atomic E-state index is 8.89. The SMILES string of the molecule is N#Cc1ccc(CN(c2ccc(Br)cc2)n2ccnc2)cc1. The molecule has 0 atom stereocenters. The van der Waals surface area contributed by atoms with Crippen molar-refractivity contribution in [1.29, 1.82) is 5.26 Å². The average molecular weight is 353 g/mol. The molecule has 5 heteroatoms. The summed E-state index contributed by atoms with van der Waals surface area (Å²) in [5.74, 6) is 0. The fourth-order valence-electron chi connectivity index (χ4n) is 2.17. The lowest BCUT2D eigenvalue weighted by Gasteiger charge is -2.25. The Hall–Kier alpha value is -2.58. The molecule has 0 saturated carbocycles. The maximum Gasteiger partial charge on any atom is 0.114 e. The summed E-state index contributed by atoms with van der Waals surface area (Å²) in [7, 11) is 0. The van der Waals surface area contributed by atoms with Gasteiger partial charge in [0.25, 0.3) is 0 Å². The lowest BCUT2D eigenvalue weighted by atomic mass is 10.1. The predicted molar refractivity (Wildman–Crippen MR) is 89.1 cm³/mol. The van der Waals surface area contributed by atoms with Crippen LogP contribution in [-0.4, -0.2) is 9.66 Å². The summed E-state index contributed by atoms with van der Waals surface area (Å²) in [4.78, 5) is 4.12. The van der Waals surface area contributed by atoms with E-state index >= 15 is 0 Å². The first-order valence-electron chi connectivity index (χ1n) is 6.76. The summed E-state index contributed by atoms with van der Waals surface area (Å²) >= 11 is 3.46. The highest BCUT2D eigenvalue weighted by molar-refractivity contribution is 9.10. The summed E-state index contributed by atoms with van der Waals surface area (Å²) in [6.07, 6.45) is 5.43. The van der Waals surface area contributed by atoms with Gasteiger partial charge in [-0.1, -0.05) is 28.1 Å². The maximum absolute atomic E-state index is 8.89. The fraction of sp³-hybridized carbons (Fsp3) is 0.0588. The molecule has 0 amide bonds. The number of imidazole rings is 1. The number of hydrogen-bond donors (Lipinski definition) is 0. The van der Waals surface area contributed by atoms with Crippen molar-refractivity contribution < 1.29 is 0 Å². The molecule has 2 aromatic carbocycles. The van der Waals surface area contributed by atoms with E-state index in [1.54, 1.807) is 12.5 Å². The molecule has 4 nitrogen and oxygen atoms in total. The van der Waals surface area contributed by atoms with Crippen LogP contribution in [0.1, 0.15) is 11.1 Å². The molecular formula is C17H13BrN4. The largest absolute Gasteiger partial charge is 0.276 e. The number of nitrogens with zero attached hydrogens (tertiary/aromatic N) is 4. The van der Waals surface area contributed by atoms with E-state index in [9.17, 15) is 0 Å². The van der Waals surface area contributed by atoms with Crippen LogP contribution in [0.25, 0.3) is 0 Å². The molecule has 0 bridgehead atoms. The number of halogens is 1. The van der Waals surface area contributed by atoms with Gasteiger partial charge in [-0.2, -0.15) is 5.26 Å². The summed E-state index contributed by atoms with van der Waals surface area (Å²) < 4.78 is 2.99. The highest BCUT2D eigenvalue weighted by Gasteiger charge is 2.09. The normalized spacial score (nSPS) is 10.2. The van der Waals surface area contributed by atoms with E-state index in [0.29, 0.717) is 12.1 Å². The smallest absolute Gasteiger partial charge is 0.114 e. The molecule has 0 saturated heterocycles. The van der Waals surface area contributed by atoms with E-state index in [1.165, 1.54) is 0 Å². The molecule has 0 aliphatic carbocycles. The van der Waals surface area contributed by atoms with Crippen LogP contribution in [0.3, 0.4) is 0 Å². The zero-order valence-corrected chi connectivity index (χ0v) is 13.3. The monoisotopic (exact) mass is 352 g/mol. The van der Waals surface area contributed by atoms with Crippen molar-refractivity contribution in [3.05, 3.63) is 82.9 Å². The van der Waals surface area contributed by atoms with Crippen LogP contribution in [-0.2, 0) is 6.54 Å². The second kappa shape index (κ2) is 6.46. The minimum atomic E-state index is 0.668. The third kappa shape index (κ3) is 3.18. The number of anilines is 1. The molecule has 0 spiro atoms. The van der Waals surface area contributed by atoms with Gasteiger partial charge in [0, 0.05) is 16.9 Å². The standard InChI is InChI=1S/C17H13BrN4/c18-16-5-7-17(8-6-16)22(21-10-9-20-13-21)12-15-3-1-14(11-19)2-4-15/h1-10,13H,12H2. The van der Waals surface area contributed by atoms with Crippen LogP contribution in [0.4, 0.5) is 5.69 Å². The number of aromatic nitrogens is 2. The molecule has 0 unspecified atom stereocenters. The minimum absolute atomic E-state index is 0.668. The van der Waals surface area contributed by atoms with E-state index in [4.69, 9.17) is 5.26 Å². The second-order valence-electron chi connectivity index (χ2n) is 4.79.